The van der Waals surface area contributed by atoms with Crippen molar-refractivity contribution in [3.63, 3.8) is 0 Å². The zero-order valence-electron chi connectivity index (χ0n) is 18.9. The monoisotopic (exact) mass is 464 g/mol. The average Bonchev–Trinajstić information content (AvgIpc) is 3.05. The van der Waals surface area contributed by atoms with Crippen LogP contribution in [0.3, 0.4) is 0 Å². The highest BCUT2D eigenvalue weighted by Crippen LogP contribution is 2.31. The Morgan fingerprint density at radius 3 is 2.27 bits per heavy atom. The van der Waals surface area contributed by atoms with Crippen LogP contribution in [-0.2, 0) is 16.9 Å². The van der Waals surface area contributed by atoms with Crippen LogP contribution in [0.5, 0.6) is 0 Å². The van der Waals surface area contributed by atoms with Crippen LogP contribution in [0.25, 0.3) is 11.1 Å². The molecule has 0 aliphatic rings. The van der Waals surface area contributed by atoms with Crippen molar-refractivity contribution in [1.29, 1.82) is 0 Å². The Hall–Kier alpha value is -3.86. The van der Waals surface area contributed by atoms with Crippen LogP contribution in [0.2, 0.25) is 0 Å². The second-order valence-electron chi connectivity index (χ2n) is 7.73. The van der Waals surface area contributed by atoms with Gasteiger partial charge in [-0.2, -0.15) is 5.10 Å². The highest BCUT2D eigenvalue weighted by atomic mass is 32.2. The molecule has 1 aromatic carbocycles. The molecule has 0 radical (unpaired) electrons. The van der Waals surface area contributed by atoms with Crippen LogP contribution >= 0.6 is 0 Å². The van der Waals surface area contributed by atoms with Crippen molar-refractivity contribution in [3.8, 4) is 11.1 Å². The standard InChI is InChI=1S/C22H24N8O2S/c1-13-8-22(27-15(3)26-13)29-21-10-20(23-12-24-21)28-18-7-6-16(9-19(18)33(5,31)32)17-11-25-30(4)14(17)2/h6-12H,1-5H3,(H2,23,24,26,27,28,29). The van der Waals surface area contributed by atoms with E-state index in [1.165, 1.54) is 12.6 Å². The van der Waals surface area contributed by atoms with Crippen molar-refractivity contribution in [2.24, 2.45) is 7.05 Å². The summed E-state index contributed by atoms with van der Waals surface area (Å²) in [7, 11) is -1.68. The minimum Gasteiger partial charge on any atom is -0.339 e. The van der Waals surface area contributed by atoms with Gasteiger partial charge in [0, 0.05) is 42.4 Å². The van der Waals surface area contributed by atoms with Crippen LogP contribution in [0.4, 0.5) is 23.1 Å². The Balaban J connectivity index is 1.66. The van der Waals surface area contributed by atoms with E-state index in [2.05, 4.69) is 35.7 Å². The SMILES string of the molecule is Cc1cc(Nc2cc(Nc3ccc(-c4cnn(C)c4C)cc3S(C)(=O)=O)ncn2)nc(C)n1. The summed E-state index contributed by atoms with van der Waals surface area (Å²) in [5.74, 6) is 2.20. The van der Waals surface area contributed by atoms with E-state index in [9.17, 15) is 8.42 Å². The summed E-state index contributed by atoms with van der Waals surface area (Å²) in [6.07, 6.45) is 4.29. The number of nitrogens with zero attached hydrogens (tertiary/aromatic N) is 6. The van der Waals surface area contributed by atoms with Gasteiger partial charge in [0.2, 0.25) is 0 Å². The number of hydrogen-bond acceptors (Lipinski definition) is 9. The molecule has 0 aliphatic heterocycles. The number of aromatic nitrogens is 6. The van der Waals surface area contributed by atoms with Crippen molar-refractivity contribution in [3.05, 3.63) is 60.1 Å². The van der Waals surface area contributed by atoms with Crippen LogP contribution in [0.15, 0.2) is 47.8 Å². The molecule has 0 aliphatic carbocycles. The molecule has 4 aromatic rings. The maximum absolute atomic E-state index is 12.6. The summed E-state index contributed by atoms with van der Waals surface area (Å²) in [6, 6.07) is 8.72. The van der Waals surface area contributed by atoms with Crippen LogP contribution in [0.1, 0.15) is 17.2 Å². The molecule has 0 spiro atoms. The summed E-state index contributed by atoms with van der Waals surface area (Å²) >= 11 is 0. The van der Waals surface area contributed by atoms with E-state index >= 15 is 0 Å². The minimum absolute atomic E-state index is 0.165. The summed E-state index contributed by atoms with van der Waals surface area (Å²) in [4.78, 5) is 17.2. The number of hydrogen-bond donors (Lipinski definition) is 2. The van der Waals surface area contributed by atoms with Gasteiger partial charge >= 0.3 is 0 Å². The van der Waals surface area contributed by atoms with Gasteiger partial charge in [-0.3, -0.25) is 4.68 Å². The smallest absolute Gasteiger partial charge is 0.177 e. The number of benzene rings is 1. The first-order valence-electron chi connectivity index (χ1n) is 10.1. The van der Waals surface area contributed by atoms with Gasteiger partial charge < -0.3 is 10.6 Å². The summed E-state index contributed by atoms with van der Waals surface area (Å²) in [5, 5.41) is 10.5. The fourth-order valence-corrected chi connectivity index (χ4v) is 4.29. The highest BCUT2D eigenvalue weighted by molar-refractivity contribution is 7.90. The van der Waals surface area contributed by atoms with Gasteiger partial charge in [0.1, 0.15) is 29.6 Å². The van der Waals surface area contributed by atoms with Gasteiger partial charge in [-0.25, -0.2) is 28.4 Å². The van der Waals surface area contributed by atoms with Gasteiger partial charge in [0.15, 0.2) is 9.84 Å². The lowest BCUT2D eigenvalue weighted by atomic mass is 10.1. The molecule has 0 saturated carbocycles. The Kier molecular flexibility index (Phi) is 5.81. The predicted octanol–water partition coefficient (Wildman–Crippen LogP) is 3.48. The first-order valence-corrected chi connectivity index (χ1v) is 12.0. The first-order chi connectivity index (χ1) is 15.6. The third kappa shape index (κ3) is 4.98. The van der Waals surface area contributed by atoms with Crippen molar-refractivity contribution >= 4 is 33.0 Å². The first kappa shape index (κ1) is 22.3. The molecule has 3 heterocycles. The zero-order valence-corrected chi connectivity index (χ0v) is 19.8. The molecule has 11 heteroatoms. The fourth-order valence-electron chi connectivity index (χ4n) is 3.43. The van der Waals surface area contributed by atoms with Crippen LogP contribution in [-0.4, -0.2) is 44.4 Å². The second-order valence-corrected chi connectivity index (χ2v) is 9.71. The number of sulfone groups is 1. The van der Waals surface area contributed by atoms with Gasteiger partial charge in [-0.1, -0.05) is 6.07 Å². The number of nitrogens with one attached hydrogen (secondary N) is 2. The lowest BCUT2D eigenvalue weighted by molar-refractivity contribution is 0.602. The molecular formula is C22H24N8O2S. The molecule has 0 fully saturated rings. The molecule has 170 valence electrons. The molecule has 4 rings (SSSR count). The Labute approximate surface area is 192 Å². The normalized spacial score (nSPS) is 11.4. The molecule has 0 amide bonds. The van der Waals surface area contributed by atoms with Crippen LogP contribution in [0, 0.1) is 20.8 Å². The van der Waals surface area contributed by atoms with Gasteiger partial charge in [0.05, 0.1) is 16.8 Å². The molecule has 0 bridgehead atoms. The molecule has 3 aromatic heterocycles. The van der Waals surface area contributed by atoms with Crippen molar-refractivity contribution < 1.29 is 8.42 Å². The molecule has 33 heavy (non-hydrogen) atoms. The van der Waals surface area contributed by atoms with Gasteiger partial charge in [-0.15, -0.1) is 0 Å². The van der Waals surface area contributed by atoms with E-state index in [1.807, 2.05) is 40.0 Å². The molecule has 0 atom stereocenters. The Bertz CT molecular complexity index is 1430. The fraction of sp³-hybridized carbons (Fsp3) is 0.227. The maximum Gasteiger partial charge on any atom is 0.177 e. The van der Waals surface area contributed by atoms with Gasteiger partial charge in [0.25, 0.3) is 0 Å². The number of anilines is 4. The van der Waals surface area contributed by atoms with E-state index in [-0.39, 0.29) is 4.90 Å². The minimum atomic E-state index is -3.52. The van der Waals surface area contributed by atoms with E-state index in [0.717, 1.165) is 22.5 Å². The summed E-state index contributed by atoms with van der Waals surface area (Å²) < 4.78 is 26.9. The molecule has 0 unspecified atom stereocenters. The van der Waals surface area contributed by atoms with Gasteiger partial charge in [-0.05, 0) is 38.5 Å². The van der Waals surface area contributed by atoms with E-state index in [0.29, 0.717) is 29.0 Å². The summed E-state index contributed by atoms with van der Waals surface area (Å²) in [6.45, 7) is 5.63. The number of rotatable bonds is 6. The maximum atomic E-state index is 12.6. The topological polar surface area (TPSA) is 128 Å². The van der Waals surface area contributed by atoms with E-state index < -0.39 is 9.84 Å². The van der Waals surface area contributed by atoms with Crippen molar-refractivity contribution in [1.82, 2.24) is 29.7 Å². The largest absolute Gasteiger partial charge is 0.339 e. The highest BCUT2D eigenvalue weighted by Gasteiger charge is 2.17. The second kappa shape index (κ2) is 8.58. The average molecular weight is 465 g/mol. The Morgan fingerprint density at radius 2 is 1.64 bits per heavy atom. The molecular weight excluding hydrogens is 440 g/mol. The molecule has 10 nitrogen and oxygen atoms in total. The number of aryl methyl sites for hydroxylation is 3. The molecule has 0 saturated heterocycles. The summed E-state index contributed by atoms with van der Waals surface area (Å²) in [5.41, 5.74) is 3.83. The zero-order chi connectivity index (χ0) is 23.8. The lowest BCUT2D eigenvalue weighted by Crippen LogP contribution is -2.05. The van der Waals surface area contributed by atoms with E-state index in [1.54, 1.807) is 29.1 Å². The third-order valence-electron chi connectivity index (χ3n) is 5.08. The lowest BCUT2D eigenvalue weighted by Gasteiger charge is -2.13. The molecule has 2 N–H and O–H groups in total. The van der Waals surface area contributed by atoms with Crippen molar-refractivity contribution in [2.75, 3.05) is 16.9 Å². The Morgan fingerprint density at radius 1 is 0.909 bits per heavy atom. The predicted molar refractivity (Wildman–Crippen MR) is 127 cm³/mol. The third-order valence-corrected chi connectivity index (χ3v) is 6.22. The quantitative estimate of drug-likeness (QED) is 0.441. The van der Waals surface area contributed by atoms with E-state index in [4.69, 9.17) is 0 Å². The van der Waals surface area contributed by atoms with Crippen LogP contribution < -0.4 is 10.6 Å². The van der Waals surface area contributed by atoms with Crippen molar-refractivity contribution in [2.45, 2.75) is 25.7 Å².